The molecule has 1 aliphatic rings. The fraction of sp³-hybridized carbons (Fsp3) is 0.950. The highest BCUT2D eigenvalue weighted by molar-refractivity contribution is 9.07. The van der Waals surface area contributed by atoms with E-state index in [1.807, 2.05) is 36.5 Å². The van der Waals surface area contributed by atoms with Crippen LogP contribution < -0.4 is 0 Å². The summed E-state index contributed by atoms with van der Waals surface area (Å²) < 4.78 is 34.0. The van der Waals surface area contributed by atoms with Crippen LogP contribution in [0.5, 0.6) is 0 Å². The Morgan fingerprint density at radius 1 is 0.700 bits per heavy atom. The molecule has 0 bridgehead atoms. The van der Waals surface area contributed by atoms with E-state index in [2.05, 4.69) is 16.1 Å². The average molecular weight is 499 g/mol. The molecular weight excluding hydrogens is 460 g/mol. The van der Waals surface area contributed by atoms with Crippen molar-refractivity contribution in [2.24, 2.45) is 0 Å². The van der Waals surface area contributed by atoms with Crippen LogP contribution >= 0.6 is 16.1 Å². The predicted molar refractivity (Wildman–Crippen MR) is 117 cm³/mol. The maximum absolute atomic E-state index is 12.6. The minimum atomic E-state index is -0.574. The van der Waals surface area contributed by atoms with Crippen molar-refractivity contribution in [3.8, 4) is 0 Å². The topological polar surface area (TPSA) is 78.9 Å². The number of halogens is 1. The molecule has 9 nitrogen and oxygen atoms in total. The normalized spacial score (nSPS) is 18.5. The van der Waals surface area contributed by atoms with Crippen molar-refractivity contribution >= 4 is 22.1 Å². The van der Waals surface area contributed by atoms with Gasteiger partial charge in [0.1, 0.15) is 11.2 Å². The van der Waals surface area contributed by atoms with Crippen molar-refractivity contribution in [1.82, 2.24) is 8.83 Å². The van der Waals surface area contributed by atoms with Gasteiger partial charge >= 0.3 is 0 Å². The zero-order chi connectivity index (χ0) is 22.5. The summed E-state index contributed by atoms with van der Waals surface area (Å²) in [6.45, 7) is 14.2. The van der Waals surface area contributed by atoms with E-state index < -0.39 is 11.2 Å². The Kier molecular flexibility index (Phi) is 13.6. The first-order valence-corrected chi connectivity index (χ1v) is 11.1. The number of carbonyl (C=O) groups excluding carboxylic acids is 1. The van der Waals surface area contributed by atoms with Gasteiger partial charge in [-0.3, -0.25) is 4.79 Å². The number of carbonyl (C=O) groups is 1. The monoisotopic (exact) mass is 498 g/mol. The average Bonchev–Trinajstić information content (AvgIpc) is 2.82. The lowest BCUT2D eigenvalue weighted by molar-refractivity contribution is -0.134. The lowest BCUT2D eigenvalue weighted by Gasteiger charge is -2.35. The first-order chi connectivity index (χ1) is 14.3. The highest BCUT2D eigenvalue weighted by Crippen LogP contribution is 2.40. The van der Waals surface area contributed by atoms with Gasteiger partial charge in [0.15, 0.2) is 0 Å². The van der Waals surface area contributed by atoms with Crippen LogP contribution in [0.1, 0.15) is 27.7 Å². The van der Waals surface area contributed by atoms with E-state index in [-0.39, 0.29) is 5.91 Å². The Bertz CT molecular complexity index is 480. The molecule has 1 fully saturated rings. The molecular formula is C20H39BrN2O7. The minimum Gasteiger partial charge on any atom is -0.382 e. The Morgan fingerprint density at radius 2 is 1.07 bits per heavy atom. The predicted octanol–water partition coefficient (Wildman–Crippen LogP) is 1.68. The second-order valence-electron chi connectivity index (χ2n) is 7.85. The van der Waals surface area contributed by atoms with E-state index in [4.69, 9.17) is 28.4 Å². The summed E-state index contributed by atoms with van der Waals surface area (Å²) >= 11 is 3.54. The SMILES string of the molecule is COCCOCCOCCOCCOCCOCCN1C(=O)C(C)(C)N(Br)C1(C)C. The van der Waals surface area contributed by atoms with Crippen LogP contribution in [0.3, 0.4) is 0 Å². The summed E-state index contributed by atoms with van der Waals surface area (Å²) in [6, 6.07) is 0. The Labute approximate surface area is 189 Å². The first kappa shape index (κ1) is 27.7. The van der Waals surface area contributed by atoms with Gasteiger partial charge in [0.2, 0.25) is 5.91 Å². The second-order valence-corrected chi connectivity index (χ2v) is 8.56. The largest absolute Gasteiger partial charge is 0.382 e. The lowest BCUT2D eigenvalue weighted by Crippen LogP contribution is -2.47. The molecule has 0 N–H and O–H groups in total. The number of methoxy groups -OCH3 is 1. The third-order valence-corrected chi connectivity index (χ3v) is 6.53. The molecule has 1 saturated heterocycles. The molecule has 1 rings (SSSR count). The van der Waals surface area contributed by atoms with E-state index in [9.17, 15) is 4.79 Å². The molecule has 10 heteroatoms. The van der Waals surface area contributed by atoms with Crippen LogP contribution in [0.4, 0.5) is 0 Å². The number of hydrogen-bond acceptors (Lipinski definition) is 8. The molecule has 1 aliphatic heterocycles. The zero-order valence-electron chi connectivity index (χ0n) is 19.1. The molecule has 1 amide bonds. The number of rotatable bonds is 18. The van der Waals surface area contributed by atoms with E-state index in [0.717, 1.165) is 0 Å². The van der Waals surface area contributed by atoms with Crippen LogP contribution in [0, 0.1) is 0 Å². The molecule has 0 saturated carbocycles. The Hall–Kier alpha value is -0.330. The number of amides is 1. The standard InChI is InChI=1S/C20H39BrN2O7/c1-19(2)18(24)22(20(3,4)23(19)21)6-7-26-10-11-28-14-15-30-17-16-29-13-12-27-9-8-25-5/h6-17H2,1-5H3. The van der Waals surface area contributed by atoms with Crippen molar-refractivity contribution in [2.75, 3.05) is 86.3 Å². The minimum absolute atomic E-state index is 0.0870. The van der Waals surface area contributed by atoms with E-state index >= 15 is 0 Å². The zero-order valence-corrected chi connectivity index (χ0v) is 20.7. The van der Waals surface area contributed by atoms with Gasteiger partial charge in [-0.1, -0.05) is 0 Å². The summed E-state index contributed by atoms with van der Waals surface area (Å²) in [6.07, 6.45) is 0. The van der Waals surface area contributed by atoms with Crippen LogP contribution in [-0.4, -0.2) is 112 Å². The van der Waals surface area contributed by atoms with Crippen LogP contribution in [0.25, 0.3) is 0 Å². The number of ether oxygens (including phenoxy) is 6. The second kappa shape index (κ2) is 14.7. The van der Waals surface area contributed by atoms with E-state index in [1.165, 1.54) is 0 Å². The maximum atomic E-state index is 12.6. The van der Waals surface area contributed by atoms with Gasteiger partial charge < -0.3 is 33.3 Å². The van der Waals surface area contributed by atoms with Crippen LogP contribution in [0.15, 0.2) is 0 Å². The number of hydrogen-bond donors (Lipinski definition) is 0. The molecule has 0 aliphatic carbocycles. The third-order valence-electron chi connectivity index (χ3n) is 4.78. The van der Waals surface area contributed by atoms with Crippen LogP contribution in [0.2, 0.25) is 0 Å². The van der Waals surface area contributed by atoms with Gasteiger partial charge in [-0.25, -0.2) is 3.93 Å². The fourth-order valence-electron chi connectivity index (χ4n) is 3.11. The van der Waals surface area contributed by atoms with E-state index in [1.54, 1.807) is 7.11 Å². The first-order valence-electron chi connectivity index (χ1n) is 10.4. The van der Waals surface area contributed by atoms with Gasteiger partial charge in [0, 0.05) is 29.8 Å². The van der Waals surface area contributed by atoms with Crippen LogP contribution in [-0.2, 0) is 33.2 Å². The summed E-state index contributed by atoms with van der Waals surface area (Å²) in [4.78, 5) is 14.4. The Balaban J connectivity index is 1.91. The molecule has 30 heavy (non-hydrogen) atoms. The quantitative estimate of drug-likeness (QED) is 0.208. The molecule has 0 aromatic heterocycles. The summed E-state index contributed by atoms with van der Waals surface area (Å²) in [7, 11) is 1.64. The Morgan fingerprint density at radius 3 is 1.40 bits per heavy atom. The molecule has 0 unspecified atom stereocenters. The smallest absolute Gasteiger partial charge is 0.245 e. The molecule has 178 valence electrons. The molecule has 0 aromatic carbocycles. The highest BCUT2D eigenvalue weighted by atomic mass is 79.9. The lowest BCUT2D eigenvalue weighted by atomic mass is 10.1. The van der Waals surface area contributed by atoms with Gasteiger partial charge in [0.25, 0.3) is 0 Å². The number of nitrogens with zero attached hydrogens (tertiary/aromatic N) is 2. The summed E-state index contributed by atoms with van der Waals surface area (Å²) in [5.74, 6) is 0.0870. The van der Waals surface area contributed by atoms with Crippen molar-refractivity contribution in [3.63, 3.8) is 0 Å². The van der Waals surface area contributed by atoms with Crippen molar-refractivity contribution in [3.05, 3.63) is 0 Å². The molecule has 0 spiro atoms. The third kappa shape index (κ3) is 9.04. The van der Waals surface area contributed by atoms with Gasteiger partial charge in [0.05, 0.1) is 72.7 Å². The highest BCUT2D eigenvalue weighted by Gasteiger charge is 2.55. The van der Waals surface area contributed by atoms with Gasteiger partial charge in [-0.15, -0.1) is 0 Å². The van der Waals surface area contributed by atoms with Gasteiger partial charge in [-0.2, -0.15) is 0 Å². The maximum Gasteiger partial charge on any atom is 0.245 e. The molecule has 0 radical (unpaired) electrons. The summed E-state index contributed by atoms with van der Waals surface area (Å²) in [5, 5.41) is 0. The van der Waals surface area contributed by atoms with E-state index in [0.29, 0.717) is 79.2 Å². The van der Waals surface area contributed by atoms with Crippen molar-refractivity contribution < 1.29 is 33.2 Å². The summed E-state index contributed by atoms with van der Waals surface area (Å²) in [5.41, 5.74) is -0.978. The fourth-order valence-corrected chi connectivity index (χ4v) is 3.45. The molecule has 1 heterocycles. The molecule has 0 atom stereocenters. The van der Waals surface area contributed by atoms with Crippen molar-refractivity contribution in [2.45, 2.75) is 38.9 Å². The van der Waals surface area contributed by atoms with Gasteiger partial charge in [-0.05, 0) is 27.7 Å². The molecule has 0 aromatic rings. The van der Waals surface area contributed by atoms with Crippen molar-refractivity contribution in [1.29, 1.82) is 0 Å².